The van der Waals surface area contributed by atoms with E-state index >= 15 is 0 Å². The maximum absolute atomic E-state index is 3.17. The summed E-state index contributed by atoms with van der Waals surface area (Å²) in [5.41, 5.74) is 3.17. The van der Waals surface area contributed by atoms with E-state index in [4.69, 9.17) is 0 Å². The van der Waals surface area contributed by atoms with Crippen LogP contribution in [0, 0.1) is 0 Å². The molecule has 2 nitrogen and oxygen atoms in total. The first-order chi connectivity index (χ1) is 4.84. The number of nitrogens with one attached hydrogen (secondary N) is 1. The van der Waals surface area contributed by atoms with Crippen LogP contribution >= 0.6 is 0 Å². The summed E-state index contributed by atoms with van der Waals surface area (Å²) < 4.78 is 0. The van der Waals surface area contributed by atoms with Crippen molar-refractivity contribution < 1.29 is 0 Å². The Kier molecular flexibility index (Phi) is 3.16. The van der Waals surface area contributed by atoms with E-state index in [0.717, 1.165) is 6.04 Å². The van der Waals surface area contributed by atoms with Gasteiger partial charge in [-0.25, -0.2) is 5.01 Å². The first-order valence-corrected chi connectivity index (χ1v) is 4.25. The van der Waals surface area contributed by atoms with Crippen LogP contribution in [-0.2, 0) is 0 Å². The molecule has 1 aliphatic carbocycles. The Morgan fingerprint density at radius 3 is 2.30 bits per heavy atom. The average Bonchev–Trinajstić information content (AvgIpc) is 2.05. The van der Waals surface area contributed by atoms with Crippen molar-refractivity contribution in [3.63, 3.8) is 0 Å². The van der Waals surface area contributed by atoms with Gasteiger partial charge in [-0.1, -0.05) is 19.3 Å². The Morgan fingerprint density at radius 1 is 1.20 bits per heavy atom. The summed E-state index contributed by atoms with van der Waals surface area (Å²) in [7, 11) is 4.13. The van der Waals surface area contributed by atoms with Crippen molar-refractivity contribution in [2.75, 3.05) is 14.1 Å². The normalized spacial score (nSPS) is 21.9. The Bertz CT molecular complexity index is 87.3. The molecule has 1 saturated carbocycles. The van der Waals surface area contributed by atoms with Gasteiger partial charge in [0.25, 0.3) is 0 Å². The second-order valence-electron chi connectivity index (χ2n) is 3.13. The third-order valence-electron chi connectivity index (χ3n) is 2.48. The molecule has 0 saturated heterocycles. The Labute approximate surface area is 63.6 Å². The molecule has 1 rings (SSSR count). The minimum Gasteiger partial charge on any atom is -0.258 e. The predicted octanol–water partition coefficient (Wildman–Crippen LogP) is 1.39. The molecule has 0 aliphatic heterocycles. The molecule has 0 spiro atoms. The Balaban J connectivity index is 2.24. The average molecular weight is 142 g/mol. The van der Waals surface area contributed by atoms with E-state index in [1.807, 2.05) is 7.05 Å². The fourth-order valence-corrected chi connectivity index (χ4v) is 1.65. The zero-order chi connectivity index (χ0) is 7.40. The summed E-state index contributed by atoms with van der Waals surface area (Å²) in [5.74, 6) is 0. The lowest BCUT2D eigenvalue weighted by atomic mass is 9.95. The maximum Gasteiger partial charge on any atom is 0.0240 e. The number of hydrazine groups is 1. The zero-order valence-electron chi connectivity index (χ0n) is 7.06. The molecular formula is C8H18N2. The highest BCUT2D eigenvalue weighted by atomic mass is 15.5. The van der Waals surface area contributed by atoms with Crippen molar-refractivity contribution in [1.29, 1.82) is 0 Å². The molecule has 0 aromatic carbocycles. The highest BCUT2D eigenvalue weighted by molar-refractivity contribution is 4.70. The Morgan fingerprint density at radius 2 is 1.80 bits per heavy atom. The van der Waals surface area contributed by atoms with Crippen molar-refractivity contribution in [2.24, 2.45) is 0 Å². The molecule has 10 heavy (non-hydrogen) atoms. The van der Waals surface area contributed by atoms with Gasteiger partial charge >= 0.3 is 0 Å². The third-order valence-corrected chi connectivity index (χ3v) is 2.48. The second-order valence-corrected chi connectivity index (χ2v) is 3.13. The predicted molar refractivity (Wildman–Crippen MR) is 43.7 cm³/mol. The van der Waals surface area contributed by atoms with Crippen LogP contribution in [0.2, 0.25) is 0 Å². The molecule has 1 N–H and O–H groups in total. The molecule has 0 bridgehead atoms. The van der Waals surface area contributed by atoms with Crippen LogP contribution in [0.3, 0.4) is 0 Å². The molecule has 0 unspecified atom stereocenters. The number of hydrogen-bond donors (Lipinski definition) is 1. The van der Waals surface area contributed by atoms with Crippen LogP contribution in [0.4, 0.5) is 0 Å². The lowest BCUT2D eigenvalue weighted by molar-refractivity contribution is 0.143. The fraction of sp³-hybridized carbons (Fsp3) is 1.00. The van der Waals surface area contributed by atoms with Crippen LogP contribution in [0.5, 0.6) is 0 Å². The molecule has 0 aromatic heterocycles. The van der Waals surface area contributed by atoms with Crippen LogP contribution in [0.15, 0.2) is 0 Å². The van der Waals surface area contributed by atoms with Gasteiger partial charge in [-0.15, -0.1) is 0 Å². The topological polar surface area (TPSA) is 15.3 Å². The zero-order valence-corrected chi connectivity index (χ0v) is 7.06. The van der Waals surface area contributed by atoms with Crippen molar-refractivity contribution in [3.05, 3.63) is 0 Å². The summed E-state index contributed by atoms with van der Waals surface area (Å²) >= 11 is 0. The molecule has 0 radical (unpaired) electrons. The highest BCUT2D eigenvalue weighted by Crippen LogP contribution is 2.19. The summed E-state index contributed by atoms with van der Waals surface area (Å²) in [6, 6.07) is 0.791. The van der Waals surface area contributed by atoms with Gasteiger partial charge in [0, 0.05) is 13.1 Å². The van der Waals surface area contributed by atoms with Gasteiger partial charge in [0.05, 0.1) is 0 Å². The van der Waals surface area contributed by atoms with E-state index in [-0.39, 0.29) is 0 Å². The first kappa shape index (κ1) is 8.02. The molecule has 1 aliphatic rings. The molecule has 60 valence electrons. The number of nitrogens with zero attached hydrogens (tertiary/aromatic N) is 1. The number of rotatable bonds is 2. The summed E-state index contributed by atoms with van der Waals surface area (Å²) in [6.07, 6.45) is 7.01. The van der Waals surface area contributed by atoms with Crippen LogP contribution in [0.25, 0.3) is 0 Å². The summed E-state index contributed by atoms with van der Waals surface area (Å²) in [4.78, 5) is 0. The number of hydrogen-bond acceptors (Lipinski definition) is 2. The second kappa shape index (κ2) is 3.94. The van der Waals surface area contributed by atoms with E-state index in [1.165, 1.54) is 32.1 Å². The highest BCUT2D eigenvalue weighted by Gasteiger charge is 2.15. The third kappa shape index (κ3) is 1.96. The van der Waals surface area contributed by atoms with Gasteiger partial charge in [-0.3, -0.25) is 5.43 Å². The maximum atomic E-state index is 3.17. The minimum absolute atomic E-state index is 0.791. The Hall–Kier alpha value is -0.0800. The van der Waals surface area contributed by atoms with E-state index in [1.54, 1.807) is 0 Å². The summed E-state index contributed by atoms with van der Waals surface area (Å²) in [5, 5.41) is 2.24. The van der Waals surface area contributed by atoms with Crippen LogP contribution in [-0.4, -0.2) is 25.1 Å². The molecule has 0 atom stereocenters. The van der Waals surface area contributed by atoms with Crippen molar-refractivity contribution in [2.45, 2.75) is 38.1 Å². The van der Waals surface area contributed by atoms with E-state index in [0.29, 0.717) is 0 Å². The van der Waals surface area contributed by atoms with Crippen LogP contribution in [0.1, 0.15) is 32.1 Å². The standard InChI is InChI=1S/C8H18N2/c1-9-10(2)8-6-4-3-5-7-8/h8-9H,3-7H2,1-2H3. The lowest BCUT2D eigenvalue weighted by Crippen LogP contribution is -2.41. The summed E-state index contributed by atoms with van der Waals surface area (Å²) in [6.45, 7) is 0. The van der Waals surface area contributed by atoms with Crippen molar-refractivity contribution in [1.82, 2.24) is 10.4 Å². The quantitative estimate of drug-likeness (QED) is 0.586. The monoisotopic (exact) mass is 142 g/mol. The van der Waals surface area contributed by atoms with Gasteiger partial charge in [0.2, 0.25) is 0 Å². The lowest BCUT2D eigenvalue weighted by Gasteiger charge is -2.30. The van der Waals surface area contributed by atoms with E-state index in [2.05, 4.69) is 17.5 Å². The largest absolute Gasteiger partial charge is 0.258 e. The molecule has 1 fully saturated rings. The molecule has 0 aromatic rings. The van der Waals surface area contributed by atoms with Crippen molar-refractivity contribution in [3.8, 4) is 0 Å². The molecule has 2 heteroatoms. The SMILES string of the molecule is CNN(C)C1CCCCC1. The van der Waals surface area contributed by atoms with Gasteiger partial charge in [0.1, 0.15) is 0 Å². The smallest absolute Gasteiger partial charge is 0.0240 e. The van der Waals surface area contributed by atoms with E-state index < -0.39 is 0 Å². The molecular weight excluding hydrogens is 124 g/mol. The molecule has 0 amide bonds. The van der Waals surface area contributed by atoms with Gasteiger partial charge in [-0.05, 0) is 19.9 Å². The van der Waals surface area contributed by atoms with Gasteiger partial charge < -0.3 is 0 Å². The first-order valence-electron chi connectivity index (χ1n) is 4.25. The van der Waals surface area contributed by atoms with Gasteiger partial charge in [-0.2, -0.15) is 0 Å². The van der Waals surface area contributed by atoms with E-state index in [9.17, 15) is 0 Å². The minimum atomic E-state index is 0.791. The van der Waals surface area contributed by atoms with Gasteiger partial charge in [0.15, 0.2) is 0 Å². The fourth-order valence-electron chi connectivity index (χ4n) is 1.65. The molecule has 0 heterocycles. The van der Waals surface area contributed by atoms with Crippen molar-refractivity contribution >= 4 is 0 Å². The van der Waals surface area contributed by atoms with Crippen LogP contribution < -0.4 is 5.43 Å².